The molecule has 10 heteroatoms. The highest BCUT2D eigenvalue weighted by Gasteiger charge is 2.30. The number of carbonyl (C=O) groups is 3. The van der Waals surface area contributed by atoms with Gasteiger partial charge < -0.3 is 14.4 Å². The molecule has 0 saturated carbocycles. The van der Waals surface area contributed by atoms with E-state index in [0.717, 1.165) is 23.2 Å². The van der Waals surface area contributed by atoms with Crippen molar-refractivity contribution in [3.63, 3.8) is 0 Å². The average molecular weight is 495 g/mol. The van der Waals surface area contributed by atoms with Gasteiger partial charge in [-0.3, -0.25) is 24.2 Å². The minimum atomic E-state index is -0.218. The number of anilines is 2. The van der Waals surface area contributed by atoms with Crippen LogP contribution in [-0.4, -0.2) is 68.0 Å². The van der Waals surface area contributed by atoms with Gasteiger partial charge in [0, 0.05) is 37.1 Å². The number of nitrogens with zero attached hydrogens (tertiary/aromatic N) is 4. The Bertz CT molecular complexity index is 1230. The van der Waals surface area contributed by atoms with Crippen molar-refractivity contribution in [2.24, 2.45) is 0 Å². The summed E-state index contributed by atoms with van der Waals surface area (Å²) in [7, 11) is 3.99. The summed E-state index contributed by atoms with van der Waals surface area (Å²) < 4.78 is 12.3. The Hall–Kier alpha value is -3.50. The number of hydrogen-bond donors (Lipinski definition) is 0. The molecule has 2 aliphatic heterocycles. The Morgan fingerprint density at radius 2 is 1.66 bits per heavy atom. The number of thiazole rings is 1. The van der Waals surface area contributed by atoms with Crippen molar-refractivity contribution in [3.05, 3.63) is 42.0 Å². The lowest BCUT2D eigenvalue weighted by atomic mass is 10.1. The molecule has 3 amide bonds. The van der Waals surface area contributed by atoms with Crippen LogP contribution in [0.15, 0.2) is 36.4 Å². The number of rotatable bonds is 7. The molecule has 9 nitrogen and oxygen atoms in total. The highest BCUT2D eigenvalue weighted by molar-refractivity contribution is 7.22. The monoisotopic (exact) mass is 494 g/mol. The van der Waals surface area contributed by atoms with Gasteiger partial charge in [0.15, 0.2) is 16.6 Å². The van der Waals surface area contributed by atoms with Crippen molar-refractivity contribution < 1.29 is 23.9 Å². The maximum absolute atomic E-state index is 13.6. The van der Waals surface area contributed by atoms with E-state index in [9.17, 15) is 14.4 Å². The second kappa shape index (κ2) is 9.63. The van der Waals surface area contributed by atoms with Crippen molar-refractivity contribution in [2.45, 2.75) is 19.3 Å². The maximum atomic E-state index is 13.6. The summed E-state index contributed by atoms with van der Waals surface area (Å²) in [6.45, 7) is 2.32. The molecule has 2 aromatic carbocycles. The third-order valence-corrected chi connectivity index (χ3v) is 6.97. The van der Waals surface area contributed by atoms with E-state index < -0.39 is 0 Å². The van der Waals surface area contributed by atoms with Gasteiger partial charge in [0.2, 0.25) is 11.8 Å². The number of aromatic nitrogens is 1. The smallest absolute Gasteiger partial charge is 0.260 e. The molecule has 0 bridgehead atoms. The standard InChI is InChI=1S/C25H26N4O5S/c1-27(2)10-3-11-28(25-26-18-14-19-20(15-21(18)35-25)34-13-12-33-19)24(32)16-4-6-17(7-5-16)29-22(30)8-9-23(29)31/h4-7,14-15H,3,8-13H2,1-2H3. The normalized spacial score (nSPS) is 15.3. The molecule has 1 saturated heterocycles. The predicted octanol–water partition coefficient (Wildman–Crippen LogP) is 3.32. The maximum Gasteiger partial charge on any atom is 0.260 e. The summed E-state index contributed by atoms with van der Waals surface area (Å²) in [5.41, 5.74) is 1.70. The minimum Gasteiger partial charge on any atom is -0.486 e. The molecule has 0 spiro atoms. The molecule has 5 rings (SSSR count). The van der Waals surface area contributed by atoms with E-state index >= 15 is 0 Å². The SMILES string of the molecule is CN(C)CCCN(C(=O)c1ccc(N2C(=O)CCC2=O)cc1)c1nc2cc3c(cc2s1)OCCO3. The molecule has 2 aliphatic rings. The van der Waals surface area contributed by atoms with Crippen LogP contribution >= 0.6 is 11.3 Å². The van der Waals surface area contributed by atoms with Crippen LogP contribution in [0.4, 0.5) is 10.8 Å². The largest absolute Gasteiger partial charge is 0.486 e. The van der Waals surface area contributed by atoms with Crippen LogP contribution in [-0.2, 0) is 9.59 Å². The zero-order valence-corrected chi connectivity index (χ0v) is 20.5. The average Bonchev–Trinajstić information content (AvgIpc) is 3.41. The van der Waals surface area contributed by atoms with Crippen LogP contribution in [0.1, 0.15) is 29.6 Å². The van der Waals surface area contributed by atoms with E-state index in [0.29, 0.717) is 47.6 Å². The number of amides is 3. The van der Waals surface area contributed by atoms with E-state index in [1.54, 1.807) is 29.2 Å². The van der Waals surface area contributed by atoms with E-state index in [2.05, 4.69) is 4.90 Å². The first kappa shape index (κ1) is 23.3. The number of carbonyl (C=O) groups excluding carboxylic acids is 3. The van der Waals surface area contributed by atoms with Gasteiger partial charge in [-0.15, -0.1) is 0 Å². The number of hydrogen-bond acceptors (Lipinski definition) is 8. The molecule has 1 aromatic heterocycles. The third-order valence-electron chi connectivity index (χ3n) is 5.93. The zero-order chi connectivity index (χ0) is 24.5. The number of benzene rings is 2. The summed E-state index contributed by atoms with van der Waals surface area (Å²) in [4.78, 5) is 47.4. The second-order valence-corrected chi connectivity index (χ2v) is 9.75. The van der Waals surface area contributed by atoms with Crippen LogP contribution in [0.25, 0.3) is 10.2 Å². The molecular weight excluding hydrogens is 468 g/mol. The van der Waals surface area contributed by atoms with Gasteiger partial charge in [-0.1, -0.05) is 11.3 Å². The predicted molar refractivity (Wildman–Crippen MR) is 134 cm³/mol. The van der Waals surface area contributed by atoms with E-state index in [4.69, 9.17) is 14.5 Å². The van der Waals surface area contributed by atoms with Gasteiger partial charge in [-0.05, 0) is 51.3 Å². The Balaban J connectivity index is 1.44. The number of imide groups is 1. The van der Waals surface area contributed by atoms with Crippen LogP contribution in [0.5, 0.6) is 11.5 Å². The van der Waals surface area contributed by atoms with Crippen molar-refractivity contribution in [1.82, 2.24) is 9.88 Å². The minimum absolute atomic E-state index is 0.189. The van der Waals surface area contributed by atoms with Crippen LogP contribution < -0.4 is 19.3 Å². The lowest BCUT2D eigenvalue weighted by molar-refractivity contribution is -0.121. The zero-order valence-electron chi connectivity index (χ0n) is 19.7. The van der Waals surface area contributed by atoms with Gasteiger partial charge >= 0.3 is 0 Å². The van der Waals surface area contributed by atoms with Crippen LogP contribution in [0.3, 0.4) is 0 Å². The molecule has 3 aromatic rings. The molecule has 1 fully saturated rings. The summed E-state index contributed by atoms with van der Waals surface area (Å²) in [5.74, 6) is 0.721. The molecule has 3 heterocycles. The van der Waals surface area contributed by atoms with Gasteiger partial charge in [0.05, 0.1) is 15.9 Å². The lowest BCUT2D eigenvalue weighted by Crippen LogP contribution is -2.33. The van der Waals surface area contributed by atoms with Gasteiger partial charge in [-0.2, -0.15) is 0 Å². The quantitative estimate of drug-likeness (QED) is 0.465. The highest BCUT2D eigenvalue weighted by atomic mass is 32.1. The van der Waals surface area contributed by atoms with Gasteiger partial charge in [0.25, 0.3) is 5.91 Å². The van der Waals surface area contributed by atoms with Gasteiger partial charge in [0.1, 0.15) is 13.2 Å². The van der Waals surface area contributed by atoms with Crippen molar-refractivity contribution in [2.75, 3.05) is 50.2 Å². The molecule has 0 unspecified atom stereocenters. The van der Waals surface area contributed by atoms with E-state index in [1.165, 1.54) is 16.2 Å². The fraction of sp³-hybridized carbons (Fsp3) is 0.360. The van der Waals surface area contributed by atoms with Crippen LogP contribution in [0, 0.1) is 0 Å². The third kappa shape index (κ3) is 4.71. The fourth-order valence-corrected chi connectivity index (χ4v) is 5.17. The second-order valence-electron chi connectivity index (χ2n) is 8.74. The molecule has 0 radical (unpaired) electrons. The summed E-state index contributed by atoms with van der Waals surface area (Å²) in [6.07, 6.45) is 1.21. The fourth-order valence-electron chi connectivity index (χ4n) is 4.17. The lowest BCUT2D eigenvalue weighted by Gasteiger charge is -2.21. The molecule has 0 N–H and O–H groups in total. The Morgan fingerprint density at radius 3 is 2.31 bits per heavy atom. The Kier molecular flexibility index (Phi) is 6.40. The summed E-state index contributed by atoms with van der Waals surface area (Å²) >= 11 is 1.43. The van der Waals surface area contributed by atoms with Crippen molar-refractivity contribution in [1.29, 1.82) is 0 Å². The number of fused-ring (bicyclic) bond motifs is 2. The Morgan fingerprint density at radius 1 is 1.00 bits per heavy atom. The first-order valence-electron chi connectivity index (χ1n) is 11.5. The molecule has 182 valence electrons. The number of ether oxygens (including phenoxy) is 2. The highest BCUT2D eigenvalue weighted by Crippen LogP contribution is 2.39. The van der Waals surface area contributed by atoms with E-state index in [-0.39, 0.29) is 30.6 Å². The first-order chi connectivity index (χ1) is 16.9. The van der Waals surface area contributed by atoms with Crippen molar-refractivity contribution >= 4 is 50.1 Å². The van der Waals surface area contributed by atoms with E-state index in [1.807, 2.05) is 26.2 Å². The molecule has 0 atom stereocenters. The van der Waals surface area contributed by atoms with Crippen LogP contribution in [0.2, 0.25) is 0 Å². The Labute approximate surface area is 206 Å². The molecule has 0 aliphatic carbocycles. The first-order valence-corrected chi connectivity index (χ1v) is 12.3. The molecule has 35 heavy (non-hydrogen) atoms. The summed E-state index contributed by atoms with van der Waals surface area (Å²) in [6, 6.07) is 10.4. The van der Waals surface area contributed by atoms with Gasteiger partial charge in [-0.25, -0.2) is 4.98 Å². The summed E-state index contributed by atoms with van der Waals surface area (Å²) in [5, 5.41) is 0.597. The molecular formula is C25H26N4O5S. The topological polar surface area (TPSA) is 92.3 Å². The van der Waals surface area contributed by atoms with Crippen molar-refractivity contribution in [3.8, 4) is 11.5 Å².